The Kier molecular flexibility index (Phi) is 5.41. The van der Waals surface area contributed by atoms with E-state index in [9.17, 15) is 9.59 Å². The van der Waals surface area contributed by atoms with E-state index >= 15 is 0 Å². The number of hydrogen-bond donors (Lipinski definition) is 0. The topological polar surface area (TPSA) is 79.0 Å². The SMILES string of the molecule is CCOC(=O)c1c(CC)c(-c2ccc(Cl)cc2)nn(-c2cnn(C)c2)c1=O. The lowest BCUT2D eigenvalue weighted by atomic mass is 10.00. The predicted octanol–water partition coefficient (Wildman–Crippen LogP) is 3.03. The molecule has 0 radical (unpaired) electrons. The van der Waals surface area contributed by atoms with Gasteiger partial charge >= 0.3 is 5.97 Å². The van der Waals surface area contributed by atoms with Gasteiger partial charge in [0.05, 0.1) is 24.7 Å². The van der Waals surface area contributed by atoms with Gasteiger partial charge in [0.25, 0.3) is 5.56 Å². The van der Waals surface area contributed by atoms with Crippen LogP contribution in [0.15, 0.2) is 41.5 Å². The van der Waals surface area contributed by atoms with E-state index in [1.54, 1.807) is 49.1 Å². The Labute approximate surface area is 161 Å². The van der Waals surface area contributed by atoms with Gasteiger partial charge in [-0.1, -0.05) is 30.7 Å². The fourth-order valence-corrected chi connectivity index (χ4v) is 2.98. The van der Waals surface area contributed by atoms with E-state index in [0.717, 1.165) is 5.56 Å². The molecule has 140 valence electrons. The minimum absolute atomic E-state index is 0.0110. The first-order chi connectivity index (χ1) is 13.0. The van der Waals surface area contributed by atoms with Crippen LogP contribution >= 0.6 is 11.6 Å². The summed E-state index contributed by atoms with van der Waals surface area (Å²) in [5.74, 6) is -0.658. The molecule has 0 aliphatic heterocycles. The average Bonchev–Trinajstić information content (AvgIpc) is 3.08. The van der Waals surface area contributed by atoms with Gasteiger partial charge < -0.3 is 4.74 Å². The van der Waals surface area contributed by atoms with Gasteiger partial charge in [-0.05, 0) is 25.5 Å². The van der Waals surface area contributed by atoms with Crippen LogP contribution in [0.5, 0.6) is 0 Å². The Morgan fingerprint density at radius 1 is 1.22 bits per heavy atom. The molecule has 2 aromatic heterocycles. The quantitative estimate of drug-likeness (QED) is 0.630. The first kappa shape index (κ1) is 18.8. The standard InChI is InChI=1S/C19H19ClN4O3/c1-4-15-16(19(26)27-5-2)18(25)24(14-10-21-23(3)11-14)22-17(15)12-6-8-13(20)9-7-12/h6-11H,4-5H2,1-3H3. The molecular weight excluding hydrogens is 368 g/mol. The number of halogens is 1. The van der Waals surface area contributed by atoms with Crippen LogP contribution in [0.25, 0.3) is 16.9 Å². The van der Waals surface area contributed by atoms with Gasteiger partial charge in [-0.3, -0.25) is 9.48 Å². The average molecular weight is 387 g/mol. The maximum atomic E-state index is 13.1. The van der Waals surface area contributed by atoms with Crippen LogP contribution in [0.3, 0.4) is 0 Å². The monoisotopic (exact) mass is 386 g/mol. The van der Waals surface area contributed by atoms with Crippen molar-refractivity contribution in [3.8, 4) is 16.9 Å². The number of hydrogen-bond acceptors (Lipinski definition) is 5. The van der Waals surface area contributed by atoms with Crippen molar-refractivity contribution >= 4 is 17.6 Å². The van der Waals surface area contributed by atoms with Gasteiger partial charge in [0.1, 0.15) is 11.3 Å². The minimum Gasteiger partial charge on any atom is -0.462 e. The third-order valence-electron chi connectivity index (χ3n) is 4.08. The summed E-state index contributed by atoms with van der Waals surface area (Å²) < 4.78 is 7.88. The number of esters is 1. The van der Waals surface area contributed by atoms with Crippen molar-refractivity contribution in [2.24, 2.45) is 7.05 Å². The fraction of sp³-hybridized carbons (Fsp3) is 0.263. The first-order valence-electron chi connectivity index (χ1n) is 8.54. The number of aryl methyl sites for hydroxylation is 1. The van der Waals surface area contributed by atoms with Crippen molar-refractivity contribution in [2.45, 2.75) is 20.3 Å². The van der Waals surface area contributed by atoms with Crippen molar-refractivity contribution in [1.29, 1.82) is 0 Å². The third kappa shape index (κ3) is 3.64. The maximum Gasteiger partial charge on any atom is 0.344 e. The van der Waals surface area contributed by atoms with Crippen LogP contribution in [-0.2, 0) is 18.2 Å². The van der Waals surface area contributed by atoms with Crippen LogP contribution in [0.2, 0.25) is 5.02 Å². The Bertz CT molecular complexity index is 1040. The zero-order chi connectivity index (χ0) is 19.6. The summed E-state index contributed by atoms with van der Waals surface area (Å²) in [4.78, 5) is 25.6. The van der Waals surface area contributed by atoms with Crippen molar-refractivity contribution in [3.05, 3.63) is 63.2 Å². The molecule has 0 saturated carbocycles. The molecule has 8 heteroatoms. The summed E-state index contributed by atoms with van der Waals surface area (Å²) in [5, 5.41) is 9.20. The van der Waals surface area contributed by atoms with E-state index in [0.29, 0.717) is 28.4 Å². The van der Waals surface area contributed by atoms with E-state index in [1.165, 1.54) is 10.9 Å². The second-order valence-electron chi connectivity index (χ2n) is 5.87. The van der Waals surface area contributed by atoms with Gasteiger partial charge in [-0.2, -0.15) is 14.9 Å². The molecule has 7 nitrogen and oxygen atoms in total. The molecule has 0 atom stereocenters. The lowest BCUT2D eigenvalue weighted by molar-refractivity contribution is 0.0522. The summed E-state index contributed by atoms with van der Waals surface area (Å²) >= 11 is 5.99. The molecule has 3 rings (SSSR count). The number of carbonyl (C=O) groups excluding carboxylic acids is 1. The molecule has 0 amide bonds. The normalized spacial score (nSPS) is 10.8. The Balaban J connectivity index is 2.34. The van der Waals surface area contributed by atoms with Gasteiger partial charge in [0.15, 0.2) is 0 Å². The number of carbonyl (C=O) groups is 1. The molecule has 0 aliphatic carbocycles. The van der Waals surface area contributed by atoms with Gasteiger partial charge in [0.2, 0.25) is 0 Å². The van der Waals surface area contributed by atoms with Crippen molar-refractivity contribution in [2.75, 3.05) is 6.61 Å². The van der Waals surface area contributed by atoms with Crippen molar-refractivity contribution in [3.63, 3.8) is 0 Å². The summed E-state index contributed by atoms with van der Waals surface area (Å²) in [7, 11) is 1.74. The highest BCUT2D eigenvalue weighted by Crippen LogP contribution is 2.25. The first-order valence-corrected chi connectivity index (χ1v) is 8.92. The molecule has 2 heterocycles. The van der Waals surface area contributed by atoms with Crippen molar-refractivity contribution < 1.29 is 9.53 Å². The van der Waals surface area contributed by atoms with Gasteiger partial charge in [-0.25, -0.2) is 4.79 Å². The predicted molar refractivity (Wildman–Crippen MR) is 102 cm³/mol. The number of benzene rings is 1. The summed E-state index contributed by atoms with van der Waals surface area (Å²) in [6, 6.07) is 7.08. The lowest BCUT2D eigenvalue weighted by Gasteiger charge is -2.14. The van der Waals surface area contributed by atoms with Crippen molar-refractivity contribution in [1.82, 2.24) is 19.6 Å². The molecule has 0 spiro atoms. The molecule has 0 fully saturated rings. The van der Waals surface area contributed by atoms with E-state index in [1.807, 2.05) is 6.92 Å². The van der Waals surface area contributed by atoms with Crippen LogP contribution in [0.1, 0.15) is 29.8 Å². The Morgan fingerprint density at radius 2 is 1.93 bits per heavy atom. The molecule has 0 N–H and O–H groups in total. The van der Waals surface area contributed by atoms with Crippen LogP contribution in [0.4, 0.5) is 0 Å². The largest absolute Gasteiger partial charge is 0.462 e. The molecule has 0 saturated heterocycles. The van der Waals surface area contributed by atoms with Crippen LogP contribution in [0, 0.1) is 0 Å². The van der Waals surface area contributed by atoms with Gasteiger partial charge in [0, 0.05) is 23.2 Å². The summed E-state index contributed by atoms with van der Waals surface area (Å²) in [6.45, 7) is 3.74. The summed E-state index contributed by atoms with van der Waals surface area (Å²) in [6.07, 6.45) is 3.61. The number of rotatable bonds is 5. The number of nitrogens with zero attached hydrogens (tertiary/aromatic N) is 4. The van der Waals surface area contributed by atoms with E-state index in [4.69, 9.17) is 16.3 Å². The molecule has 27 heavy (non-hydrogen) atoms. The maximum absolute atomic E-state index is 13.1. The Morgan fingerprint density at radius 3 is 2.48 bits per heavy atom. The fourth-order valence-electron chi connectivity index (χ4n) is 2.85. The van der Waals surface area contributed by atoms with E-state index < -0.39 is 11.5 Å². The molecular formula is C19H19ClN4O3. The molecule has 1 aromatic carbocycles. The zero-order valence-corrected chi connectivity index (χ0v) is 16.0. The van der Waals surface area contributed by atoms with Crippen LogP contribution < -0.4 is 5.56 Å². The number of aromatic nitrogens is 4. The highest BCUT2D eigenvalue weighted by Gasteiger charge is 2.24. The molecule has 0 unspecified atom stereocenters. The molecule has 0 bridgehead atoms. The van der Waals surface area contributed by atoms with Crippen LogP contribution in [-0.4, -0.2) is 32.1 Å². The van der Waals surface area contributed by atoms with Gasteiger partial charge in [-0.15, -0.1) is 0 Å². The highest BCUT2D eigenvalue weighted by molar-refractivity contribution is 6.30. The third-order valence-corrected chi connectivity index (χ3v) is 4.33. The second-order valence-corrected chi connectivity index (χ2v) is 6.31. The highest BCUT2D eigenvalue weighted by atomic mass is 35.5. The summed E-state index contributed by atoms with van der Waals surface area (Å²) in [5.41, 5.74) is 1.74. The molecule has 3 aromatic rings. The minimum atomic E-state index is -0.658. The van der Waals surface area contributed by atoms with E-state index in [2.05, 4.69) is 10.2 Å². The smallest absolute Gasteiger partial charge is 0.344 e. The second kappa shape index (κ2) is 7.75. The Hall–Kier alpha value is -2.93. The zero-order valence-electron chi connectivity index (χ0n) is 15.3. The molecule has 0 aliphatic rings. The van der Waals surface area contributed by atoms with E-state index in [-0.39, 0.29) is 12.2 Å². The number of ether oxygens (including phenoxy) is 1. The lowest BCUT2D eigenvalue weighted by Crippen LogP contribution is -2.31.